The number of amides is 3. The number of hydrogen-bond donors (Lipinski definition) is 2. The third-order valence-electron chi connectivity index (χ3n) is 5.14. The normalized spacial score (nSPS) is 15.7. The van der Waals surface area contributed by atoms with Crippen molar-refractivity contribution in [2.45, 2.75) is 27.2 Å². The molecule has 32 heavy (non-hydrogen) atoms. The lowest BCUT2D eigenvalue weighted by Crippen LogP contribution is -2.35. The van der Waals surface area contributed by atoms with Gasteiger partial charge in [-0.05, 0) is 60.9 Å². The first-order valence-corrected chi connectivity index (χ1v) is 11.4. The summed E-state index contributed by atoms with van der Waals surface area (Å²) in [5.41, 5.74) is 2.43. The number of hydrogen-bond acceptors (Lipinski definition) is 4. The second-order valence-corrected chi connectivity index (χ2v) is 9.19. The van der Waals surface area contributed by atoms with Crippen LogP contribution in [0, 0.1) is 18.8 Å². The lowest BCUT2D eigenvalue weighted by Gasteiger charge is -2.17. The van der Waals surface area contributed by atoms with E-state index < -0.39 is 0 Å². The number of rotatable bonds is 8. The zero-order chi connectivity index (χ0) is 23.3. The van der Waals surface area contributed by atoms with E-state index in [1.54, 1.807) is 29.2 Å². The molecule has 1 aliphatic heterocycles. The largest absolute Gasteiger partial charge is 0.484 e. The summed E-state index contributed by atoms with van der Waals surface area (Å²) in [5, 5.41) is 5.70. The average Bonchev–Trinajstić information content (AvgIpc) is 3.15. The van der Waals surface area contributed by atoms with E-state index in [9.17, 15) is 14.4 Å². The van der Waals surface area contributed by atoms with Gasteiger partial charge < -0.3 is 20.3 Å². The molecule has 1 aliphatic rings. The van der Waals surface area contributed by atoms with E-state index in [2.05, 4.69) is 26.6 Å². The van der Waals surface area contributed by atoms with E-state index >= 15 is 0 Å². The molecule has 2 aromatic rings. The summed E-state index contributed by atoms with van der Waals surface area (Å²) in [5.74, 6) is 0.118. The summed E-state index contributed by atoms with van der Waals surface area (Å²) in [4.78, 5) is 38.5. The van der Waals surface area contributed by atoms with Gasteiger partial charge in [0.15, 0.2) is 6.61 Å². The Morgan fingerprint density at radius 1 is 1.19 bits per heavy atom. The molecule has 7 nitrogen and oxygen atoms in total. The molecule has 3 rings (SSSR count). The van der Waals surface area contributed by atoms with Crippen LogP contribution in [0.4, 0.5) is 11.4 Å². The van der Waals surface area contributed by atoms with E-state index in [1.165, 1.54) is 0 Å². The molecule has 2 N–H and O–H groups in total. The minimum Gasteiger partial charge on any atom is -0.484 e. The van der Waals surface area contributed by atoms with Crippen LogP contribution in [0.25, 0.3) is 0 Å². The van der Waals surface area contributed by atoms with Gasteiger partial charge in [-0.25, -0.2) is 0 Å². The van der Waals surface area contributed by atoms with Crippen LogP contribution < -0.4 is 20.3 Å². The monoisotopic (exact) mass is 501 g/mol. The first kappa shape index (κ1) is 23.8. The van der Waals surface area contributed by atoms with Gasteiger partial charge in [0.2, 0.25) is 11.8 Å². The minimum absolute atomic E-state index is 0.0764. The van der Waals surface area contributed by atoms with Gasteiger partial charge in [-0.15, -0.1) is 0 Å². The van der Waals surface area contributed by atoms with Crippen LogP contribution >= 0.6 is 15.9 Å². The molecule has 1 atom stereocenters. The second kappa shape index (κ2) is 10.6. The van der Waals surface area contributed by atoms with Gasteiger partial charge in [0.05, 0.1) is 5.92 Å². The zero-order valence-corrected chi connectivity index (χ0v) is 20.1. The Morgan fingerprint density at radius 2 is 1.91 bits per heavy atom. The summed E-state index contributed by atoms with van der Waals surface area (Å²) in [7, 11) is 0. The minimum atomic E-state index is -0.344. The number of carbonyl (C=O) groups excluding carboxylic acids is 3. The highest BCUT2D eigenvalue weighted by Crippen LogP contribution is 2.27. The number of nitrogens with one attached hydrogen (secondary N) is 2. The fourth-order valence-electron chi connectivity index (χ4n) is 3.37. The van der Waals surface area contributed by atoms with Gasteiger partial charge in [0.25, 0.3) is 5.91 Å². The van der Waals surface area contributed by atoms with Crippen molar-refractivity contribution < 1.29 is 19.1 Å². The summed E-state index contributed by atoms with van der Waals surface area (Å²) >= 11 is 3.43. The Morgan fingerprint density at radius 3 is 2.56 bits per heavy atom. The molecule has 3 amide bonds. The predicted octanol–water partition coefficient (Wildman–Crippen LogP) is 3.90. The van der Waals surface area contributed by atoms with Crippen molar-refractivity contribution in [3.63, 3.8) is 0 Å². The van der Waals surface area contributed by atoms with E-state index in [1.807, 2.05) is 39.0 Å². The molecule has 0 spiro atoms. The first-order valence-electron chi connectivity index (χ1n) is 10.6. The number of carbonyl (C=O) groups is 3. The van der Waals surface area contributed by atoms with E-state index in [0.29, 0.717) is 36.1 Å². The van der Waals surface area contributed by atoms with Gasteiger partial charge in [0, 0.05) is 35.4 Å². The van der Waals surface area contributed by atoms with Crippen LogP contribution in [0.2, 0.25) is 0 Å². The number of nitrogens with zero attached hydrogens (tertiary/aromatic N) is 1. The smallest absolute Gasteiger partial charge is 0.262 e. The third kappa shape index (κ3) is 6.32. The van der Waals surface area contributed by atoms with Crippen LogP contribution in [0.15, 0.2) is 46.9 Å². The Kier molecular flexibility index (Phi) is 7.90. The topological polar surface area (TPSA) is 87.7 Å². The highest BCUT2D eigenvalue weighted by molar-refractivity contribution is 9.10. The summed E-state index contributed by atoms with van der Waals surface area (Å²) in [6, 6.07) is 12.5. The van der Waals surface area contributed by atoms with Crippen LogP contribution in [0.3, 0.4) is 0 Å². The quantitative estimate of drug-likeness (QED) is 0.574. The molecule has 0 aliphatic carbocycles. The van der Waals surface area contributed by atoms with Crippen molar-refractivity contribution in [1.29, 1.82) is 0 Å². The maximum Gasteiger partial charge on any atom is 0.262 e. The maximum absolute atomic E-state index is 12.4. The molecular weight excluding hydrogens is 474 g/mol. The van der Waals surface area contributed by atoms with E-state index in [-0.39, 0.29) is 36.7 Å². The van der Waals surface area contributed by atoms with Crippen molar-refractivity contribution in [3.05, 3.63) is 52.5 Å². The summed E-state index contributed by atoms with van der Waals surface area (Å²) < 4.78 is 6.54. The van der Waals surface area contributed by atoms with Gasteiger partial charge in [-0.3, -0.25) is 14.4 Å². The SMILES string of the molecule is Cc1cc(NC(=O)COc2ccc(N3C[C@@H](C(=O)NCC(C)C)CC3=O)cc2)ccc1Br. The summed E-state index contributed by atoms with van der Waals surface area (Å²) in [6.07, 6.45) is 0.206. The zero-order valence-electron chi connectivity index (χ0n) is 18.5. The summed E-state index contributed by atoms with van der Waals surface area (Å²) in [6.45, 7) is 6.84. The Balaban J connectivity index is 1.51. The molecule has 8 heteroatoms. The lowest BCUT2D eigenvalue weighted by atomic mass is 10.1. The van der Waals surface area contributed by atoms with Crippen LogP contribution in [0.1, 0.15) is 25.8 Å². The standard InChI is InChI=1S/C24H28BrN3O4/c1-15(2)12-26-24(31)17-11-23(30)28(13-17)19-5-7-20(8-6-19)32-14-22(29)27-18-4-9-21(25)16(3)10-18/h4-10,15,17H,11-14H2,1-3H3,(H,26,31)(H,27,29)/t17-/m0/s1. The molecule has 0 radical (unpaired) electrons. The highest BCUT2D eigenvalue weighted by Gasteiger charge is 2.35. The predicted molar refractivity (Wildman–Crippen MR) is 128 cm³/mol. The van der Waals surface area contributed by atoms with Crippen LogP contribution in [0.5, 0.6) is 5.75 Å². The van der Waals surface area contributed by atoms with Crippen LogP contribution in [-0.2, 0) is 14.4 Å². The Bertz CT molecular complexity index is 991. The number of ether oxygens (including phenoxy) is 1. The molecule has 2 aromatic carbocycles. The van der Waals surface area contributed by atoms with Crippen molar-refractivity contribution in [1.82, 2.24) is 5.32 Å². The highest BCUT2D eigenvalue weighted by atomic mass is 79.9. The molecule has 1 heterocycles. The lowest BCUT2D eigenvalue weighted by molar-refractivity contribution is -0.126. The average molecular weight is 502 g/mol. The van der Waals surface area contributed by atoms with E-state index in [0.717, 1.165) is 10.0 Å². The molecule has 0 bridgehead atoms. The first-order chi connectivity index (χ1) is 15.2. The number of benzene rings is 2. The fraction of sp³-hybridized carbons (Fsp3) is 0.375. The molecular formula is C24H28BrN3O4. The second-order valence-electron chi connectivity index (χ2n) is 8.34. The van der Waals surface area contributed by atoms with Crippen molar-refractivity contribution >= 4 is 45.0 Å². The third-order valence-corrected chi connectivity index (χ3v) is 6.03. The Hall–Kier alpha value is -2.87. The van der Waals surface area contributed by atoms with Crippen LogP contribution in [-0.4, -0.2) is 37.4 Å². The molecule has 0 unspecified atom stereocenters. The van der Waals surface area contributed by atoms with Gasteiger partial charge in [-0.1, -0.05) is 29.8 Å². The number of halogens is 1. The maximum atomic E-state index is 12.4. The van der Waals surface area contributed by atoms with Gasteiger partial charge in [-0.2, -0.15) is 0 Å². The fourth-order valence-corrected chi connectivity index (χ4v) is 3.62. The molecule has 170 valence electrons. The van der Waals surface area contributed by atoms with Crippen molar-refractivity contribution in [3.8, 4) is 5.75 Å². The van der Waals surface area contributed by atoms with Gasteiger partial charge >= 0.3 is 0 Å². The van der Waals surface area contributed by atoms with Gasteiger partial charge in [0.1, 0.15) is 5.75 Å². The molecule has 0 saturated carbocycles. The Labute approximate surface area is 196 Å². The number of anilines is 2. The molecule has 1 saturated heterocycles. The number of aryl methyl sites for hydroxylation is 1. The molecule has 1 fully saturated rings. The van der Waals surface area contributed by atoms with Crippen molar-refractivity contribution in [2.24, 2.45) is 11.8 Å². The van der Waals surface area contributed by atoms with Crippen molar-refractivity contribution in [2.75, 3.05) is 29.9 Å². The molecule has 0 aromatic heterocycles. The van der Waals surface area contributed by atoms with E-state index in [4.69, 9.17) is 4.74 Å².